The highest BCUT2D eigenvalue weighted by Gasteiger charge is 2.31. The van der Waals surface area contributed by atoms with E-state index in [9.17, 15) is 8.42 Å². The Morgan fingerprint density at radius 3 is 1.48 bits per heavy atom. The first-order valence-electron chi connectivity index (χ1n) is 10.8. The Morgan fingerprint density at radius 2 is 1.19 bits per heavy atom. The zero-order valence-electron chi connectivity index (χ0n) is 18.8. The molecule has 0 N–H and O–H groups in total. The van der Waals surface area contributed by atoms with Crippen LogP contribution in [0.2, 0.25) is 0 Å². The summed E-state index contributed by atoms with van der Waals surface area (Å²) in [6, 6.07) is 4.26. The average Bonchev–Trinajstić information content (AvgIpc) is 2.60. The van der Waals surface area contributed by atoms with Crippen molar-refractivity contribution in [1.82, 2.24) is 4.31 Å². The molecule has 0 aliphatic rings. The number of rotatable bonds is 11. The fourth-order valence-electron chi connectivity index (χ4n) is 3.34. The molecule has 0 unspecified atom stereocenters. The third-order valence-electron chi connectivity index (χ3n) is 5.20. The minimum atomic E-state index is -3.51. The number of sulfonamides is 1. The van der Waals surface area contributed by atoms with Gasteiger partial charge in [0.2, 0.25) is 10.0 Å². The van der Waals surface area contributed by atoms with Crippen LogP contribution in [0.1, 0.15) is 116 Å². The number of unbranched alkanes of at least 4 members (excludes halogenated alkanes) is 2. The van der Waals surface area contributed by atoms with E-state index in [2.05, 4.69) is 67.5 Å². The quantitative estimate of drug-likeness (QED) is 0.421. The zero-order chi connectivity index (χ0) is 20.8. The molecule has 27 heavy (non-hydrogen) atoms. The number of nitrogens with zero attached hydrogens (tertiary/aromatic N) is 1. The van der Waals surface area contributed by atoms with Gasteiger partial charge in [0.05, 0.1) is 4.90 Å². The summed E-state index contributed by atoms with van der Waals surface area (Å²) < 4.78 is 29.3. The molecule has 0 fully saturated rings. The van der Waals surface area contributed by atoms with Crippen molar-refractivity contribution in [3.63, 3.8) is 0 Å². The van der Waals surface area contributed by atoms with E-state index >= 15 is 0 Å². The molecule has 0 spiro atoms. The first kappa shape index (κ1) is 24.2. The molecule has 0 aliphatic carbocycles. The Morgan fingerprint density at radius 1 is 0.778 bits per heavy atom. The van der Waals surface area contributed by atoms with E-state index in [0.717, 1.165) is 36.8 Å². The molecule has 156 valence electrons. The lowest BCUT2D eigenvalue weighted by molar-refractivity contribution is 0.394. The molecule has 1 rings (SSSR count). The lowest BCUT2D eigenvalue weighted by atomic mass is 9.89. The van der Waals surface area contributed by atoms with E-state index in [1.165, 1.54) is 5.56 Å². The molecule has 0 aliphatic heterocycles. The maximum Gasteiger partial charge on any atom is 0.243 e. The first-order chi connectivity index (χ1) is 12.6. The maximum atomic E-state index is 13.8. The Balaban J connectivity index is 3.67. The molecular formula is C23H41NO2S. The van der Waals surface area contributed by atoms with Crippen LogP contribution in [0.4, 0.5) is 0 Å². The molecule has 0 saturated carbocycles. The third kappa shape index (κ3) is 6.05. The normalized spacial score (nSPS) is 12.7. The molecule has 0 saturated heterocycles. The standard InChI is InChI=1S/C23H41NO2S/c1-9-11-13-24(14-12-10-2)27(25,26)23-21(18(5)6)15-20(17(3)4)16-22(23)19(7)8/h15-19H,9-14H2,1-8H3. The highest BCUT2D eigenvalue weighted by atomic mass is 32.2. The van der Waals surface area contributed by atoms with Gasteiger partial charge in [0, 0.05) is 13.1 Å². The van der Waals surface area contributed by atoms with E-state index < -0.39 is 10.0 Å². The minimum absolute atomic E-state index is 0.171. The molecule has 0 aromatic heterocycles. The fraction of sp³-hybridized carbons (Fsp3) is 0.739. The molecule has 0 heterocycles. The van der Waals surface area contributed by atoms with Crippen molar-refractivity contribution in [1.29, 1.82) is 0 Å². The monoisotopic (exact) mass is 395 g/mol. The van der Waals surface area contributed by atoms with Crippen molar-refractivity contribution in [2.75, 3.05) is 13.1 Å². The van der Waals surface area contributed by atoms with Gasteiger partial charge in [-0.3, -0.25) is 0 Å². The molecule has 0 amide bonds. The Kier molecular flexibility index (Phi) is 9.50. The topological polar surface area (TPSA) is 37.4 Å². The van der Waals surface area contributed by atoms with Gasteiger partial charge in [-0.2, -0.15) is 4.31 Å². The molecule has 0 atom stereocenters. The second-order valence-electron chi connectivity index (χ2n) is 8.60. The summed E-state index contributed by atoms with van der Waals surface area (Å²) in [6.45, 7) is 18.2. The molecule has 4 heteroatoms. The van der Waals surface area contributed by atoms with E-state index in [1.807, 2.05) is 0 Å². The molecular weight excluding hydrogens is 354 g/mol. The van der Waals surface area contributed by atoms with E-state index in [4.69, 9.17) is 0 Å². The average molecular weight is 396 g/mol. The van der Waals surface area contributed by atoms with Gasteiger partial charge in [-0.1, -0.05) is 80.4 Å². The summed E-state index contributed by atoms with van der Waals surface area (Å²) in [6.07, 6.45) is 3.80. The van der Waals surface area contributed by atoms with Gasteiger partial charge in [0.1, 0.15) is 0 Å². The first-order valence-corrected chi connectivity index (χ1v) is 12.2. The number of hydrogen-bond donors (Lipinski definition) is 0. The van der Waals surface area contributed by atoms with Crippen LogP contribution in [0.3, 0.4) is 0 Å². The Bertz CT molecular complexity index is 653. The third-order valence-corrected chi connectivity index (χ3v) is 7.23. The highest BCUT2D eigenvalue weighted by molar-refractivity contribution is 7.89. The smallest absolute Gasteiger partial charge is 0.207 e. The van der Waals surface area contributed by atoms with Crippen LogP contribution in [0.15, 0.2) is 17.0 Å². The molecule has 3 nitrogen and oxygen atoms in total. The second kappa shape index (κ2) is 10.6. The molecule has 1 aromatic carbocycles. The van der Waals surface area contributed by atoms with Gasteiger partial charge in [-0.25, -0.2) is 8.42 Å². The SMILES string of the molecule is CCCCN(CCCC)S(=O)(=O)c1c(C(C)C)cc(C(C)C)cc1C(C)C. The van der Waals surface area contributed by atoms with Gasteiger partial charge in [0.25, 0.3) is 0 Å². The van der Waals surface area contributed by atoms with Crippen molar-refractivity contribution in [3.8, 4) is 0 Å². The van der Waals surface area contributed by atoms with Crippen molar-refractivity contribution < 1.29 is 8.42 Å². The van der Waals surface area contributed by atoms with E-state index in [0.29, 0.717) is 23.9 Å². The van der Waals surface area contributed by atoms with Crippen LogP contribution in [0, 0.1) is 0 Å². The Labute approximate surface area is 168 Å². The van der Waals surface area contributed by atoms with Crippen molar-refractivity contribution in [2.45, 2.75) is 104 Å². The summed E-state index contributed by atoms with van der Waals surface area (Å²) >= 11 is 0. The lowest BCUT2D eigenvalue weighted by Crippen LogP contribution is -2.34. The van der Waals surface area contributed by atoms with Gasteiger partial charge >= 0.3 is 0 Å². The van der Waals surface area contributed by atoms with Crippen molar-refractivity contribution in [3.05, 3.63) is 28.8 Å². The van der Waals surface area contributed by atoms with Gasteiger partial charge < -0.3 is 0 Å². The van der Waals surface area contributed by atoms with E-state index in [1.54, 1.807) is 4.31 Å². The summed E-state index contributed by atoms with van der Waals surface area (Å²) in [5.41, 5.74) is 3.18. The highest BCUT2D eigenvalue weighted by Crippen LogP contribution is 2.36. The van der Waals surface area contributed by atoms with Crippen molar-refractivity contribution in [2.24, 2.45) is 0 Å². The molecule has 1 aromatic rings. The van der Waals surface area contributed by atoms with E-state index in [-0.39, 0.29) is 11.8 Å². The fourth-order valence-corrected chi connectivity index (χ4v) is 5.52. The number of benzene rings is 1. The summed E-state index contributed by atoms with van der Waals surface area (Å²) in [4.78, 5) is 0.573. The Hall–Kier alpha value is -0.870. The van der Waals surface area contributed by atoms with Crippen molar-refractivity contribution >= 4 is 10.0 Å². The maximum absolute atomic E-state index is 13.8. The van der Waals surface area contributed by atoms with Crippen LogP contribution < -0.4 is 0 Å². The predicted molar refractivity (Wildman–Crippen MR) is 117 cm³/mol. The zero-order valence-corrected chi connectivity index (χ0v) is 19.6. The molecule has 0 bridgehead atoms. The van der Waals surface area contributed by atoms with Crippen LogP contribution >= 0.6 is 0 Å². The van der Waals surface area contributed by atoms with Crippen LogP contribution in [-0.2, 0) is 10.0 Å². The van der Waals surface area contributed by atoms with Crippen LogP contribution in [0.25, 0.3) is 0 Å². The largest absolute Gasteiger partial charge is 0.243 e. The number of hydrogen-bond acceptors (Lipinski definition) is 2. The summed E-state index contributed by atoms with van der Waals surface area (Å²) in [5.74, 6) is 0.725. The lowest BCUT2D eigenvalue weighted by Gasteiger charge is -2.28. The van der Waals surface area contributed by atoms with Crippen LogP contribution in [-0.4, -0.2) is 25.8 Å². The van der Waals surface area contributed by atoms with Gasteiger partial charge in [-0.05, 0) is 47.3 Å². The summed E-state index contributed by atoms with van der Waals surface area (Å²) in [5, 5.41) is 0. The van der Waals surface area contributed by atoms with Crippen LogP contribution in [0.5, 0.6) is 0 Å². The summed E-state index contributed by atoms with van der Waals surface area (Å²) in [7, 11) is -3.51. The van der Waals surface area contributed by atoms with Gasteiger partial charge in [-0.15, -0.1) is 0 Å². The second-order valence-corrected chi connectivity index (χ2v) is 10.5. The molecule has 0 radical (unpaired) electrons. The van der Waals surface area contributed by atoms with Gasteiger partial charge in [0.15, 0.2) is 0 Å². The predicted octanol–water partition coefficient (Wildman–Crippen LogP) is 6.65. The minimum Gasteiger partial charge on any atom is -0.207 e.